The van der Waals surface area contributed by atoms with E-state index in [-0.39, 0.29) is 10.6 Å². The molecule has 0 spiro atoms. The Bertz CT molecular complexity index is 980. The molecular formula is C17H13Cl3N2O2. The average molecular weight is 384 g/mol. The van der Waals surface area contributed by atoms with Crippen molar-refractivity contribution in [3.8, 4) is 0 Å². The fourth-order valence-electron chi connectivity index (χ4n) is 2.74. The maximum atomic E-state index is 11.3. The number of halogens is 3. The third-order valence-corrected chi connectivity index (χ3v) is 5.11. The van der Waals surface area contributed by atoms with Gasteiger partial charge in [-0.25, -0.2) is 4.79 Å². The first-order valence-corrected chi connectivity index (χ1v) is 8.16. The Morgan fingerprint density at radius 3 is 2.54 bits per heavy atom. The molecule has 2 aromatic carbocycles. The number of nitrogen functional groups attached to an aromatic ring is 1. The molecule has 7 heteroatoms. The van der Waals surface area contributed by atoms with E-state index in [1.165, 1.54) is 6.07 Å². The molecule has 3 N–H and O–H groups in total. The van der Waals surface area contributed by atoms with Crippen LogP contribution in [0.25, 0.3) is 10.9 Å². The quantitative estimate of drug-likeness (QED) is 0.625. The Hall–Kier alpha value is -1.88. The summed E-state index contributed by atoms with van der Waals surface area (Å²) in [7, 11) is 1.89. The Labute approximate surface area is 153 Å². The third kappa shape index (κ3) is 2.81. The number of carbonyl (C=O) groups is 1. The third-order valence-electron chi connectivity index (χ3n) is 4.01. The number of carboxylic acid groups (broad SMARTS) is 1. The SMILES string of the molecule is Cn1c(Cc2c(Cl)ccc(C(=O)O)c2Cl)cc2c(Cl)cc(N)cc21. The number of benzene rings is 2. The lowest BCUT2D eigenvalue weighted by atomic mass is 10.1. The van der Waals surface area contributed by atoms with E-state index in [1.54, 1.807) is 12.1 Å². The van der Waals surface area contributed by atoms with Gasteiger partial charge < -0.3 is 15.4 Å². The molecule has 0 unspecified atom stereocenters. The zero-order valence-electron chi connectivity index (χ0n) is 12.6. The summed E-state index contributed by atoms with van der Waals surface area (Å²) in [5.41, 5.74) is 8.79. The van der Waals surface area contributed by atoms with Crippen molar-refractivity contribution in [3.05, 3.63) is 62.2 Å². The number of hydrogen-bond donors (Lipinski definition) is 2. The van der Waals surface area contributed by atoms with E-state index >= 15 is 0 Å². The van der Waals surface area contributed by atoms with Crippen molar-refractivity contribution in [1.82, 2.24) is 4.57 Å². The van der Waals surface area contributed by atoms with Crippen LogP contribution in [0.3, 0.4) is 0 Å². The molecule has 0 amide bonds. The van der Waals surface area contributed by atoms with Crippen LogP contribution in [0.5, 0.6) is 0 Å². The zero-order valence-corrected chi connectivity index (χ0v) is 14.9. The van der Waals surface area contributed by atoms with Gasteiger partial charge in [-0.3, -0.25) is 0 Å². The summed E-state index contributed by atoms with van der Waals surface area (Å²) >= 11 is 18.7. The molecule has 0 aliphatic rings. The summed E-state index contributed by atoms with van der Waals surface area (Å²) in [6.45, 7) is 0. The number of hydrogen-bond acceptors (Lipinski definition) is 2. The van der Waals surface area contributed by atoms with Gasteiger partial charge in [0.25, 0.3) is 0 Å². The molecule has 1 heterocycles. The van der Waals surface area contributed by atoms with E-state index in [2.05, 4.69) is 0 Å². The minimum atomic E-state index is -1.09. The van der Waals surface area contributed by atoms with Crippen molar-refractivity contribution in [2.45, 2.75) is 6.42 Å². The van der Waals surface area contributed by atoms with Crippen LogP contribution in [0.1, 0.15) is 21.6 Å². The van der Waals surface area contributed by atoms with Crippen LogP contribution in [0.4, 0.5) is 5.69 Å². The summed E-state index contributed by atoms with van der Waals surface area (Å²) in [5.74, 6) is -1.09. The van der Waals surface area contributed by atoms with Crippen molar-refractivity contribution in [1.29, 1.82) is 0 Å². The number of anilines is 1. The highest BCUT2D eigenvalue weighted by Gasteiger charge is 2.18. The summed E-state index contributed by atoms with van der Waals surface area (Å²) in [4.78, 5) is 11.3. The van der Waals surface area contributed by atoms with Gasteiger partial charge in [-0.1, -0.05) is 34.8 Å². The summed E-state index contributed by atoms with van der Waals surface area (Å²) < 4.78 is 1.94. The molecule has 24 heavy (non-hydrogen) atoms. The lowest BCUT2D eigenvalue weighted by Crippen LogP contribution is -2.03. The number of nitrogens with two attached hydrogens (primary N) is 1. The Morgan fingerprint density at radius 1 is 1.17 bits per heavy atom. The van der Waals surface area contributed by atoms with Crippen LogP contribution in [0.15, 0.2) is 30.3 Å². The lowest BCUT2D eigenvalue weighted by molar-refractivity contribution is 0.0697. The molecule has 0 fully saturated rings. The number of nitrogens with zero attached hydrogens (tertiary/aromatic N) is 1. The highest BCUT2D eigenvalue weighted by molar-refractivity contribution is 6.38. The molecule has 1 aromatic heterocycles. The highest BCUT2D eigenvalue weighted by atomic mass is 35.5. The van der Waals surface area contributed by atoms with Crippen molar-refractivity contribution in [2.75, 3.05) is 5.73 Å². The normalized spacial score (nSPS) is 11.2. The van der Waals surface area contributed by atoms with Crippen LogP contribution in [-0.4, -0.2) is 15.6 Å². The van der Waals surface area contributed by atoms with Gasteiger partial charge in [0.2, 0.25) is 0 Å². The lowest BCUT2D eigenvalue weighted by Gasteiger charge is -2.10. The predicted octanol–water partition coefficient (Wildman–Crippen LogP) is 5.01. The van der Waals surface area contributed by atoms with E-state index in [1.807, 2.05) is 23.7 Å². The molecule has 0 aliphatic carbocycles. The first kappa shape index (κ1) is 17.0. The first-order chi connectivity index (χ1) is 11.3. The van der Waals surface area contributed by atoms with Crippen molar-refractivity contribution < 1.29 is 9.90 Å². The second kappa shape index (κ2) is 6.20. The Balaban J connectivity index is 2.14. The molecule has 4 nitrogen and oxygen atoms in total. The highest BCUT2D eigenvalue weighted by Crippen LogP contribution is 2.34. The van der Waals surface area contributed by atoms with Gasteiger partial charge in [0.05, 0.1) is 21.1 Å². The molecule has 0 atom stereocenters. The van der Waals surface area contributed by atoms with E-state index in [0.29, 0.717) is 27.7 Å². The maximum Gasteiger partial charge on any atom is 0.337 e. The zero-order chi connectivity index (χ0) is 17.6. The van der Waals surface area contributed by atoms with Crippen molar-refractivity contribution in [2.24, 2.45) is 7.05 Å². The first-order valence-electron chi connectivity index (χ1n) is 7.03. The topological polar surface area (TPSA) is 68.2 Å². The van der Waals surface area contributed by atoms with Crippen LogP contribution in [0, 0.1) is 0 Å². The molecule has 124 valence electrons. The minimum Gasteiger partial charge on any atom is -0.478 e. The summed E-state index contributed by atoms with van der Waals surface area (Å²) in [5, 5.41) is 11.2. The standard InChI is InChI=1S/C17H13Cl3N2O2/c1-22-9(6-11-14(19)4-8(21)5-15(11)22)7-12-13(18)3-2-10(16(12)20)17(23)24/h2-6H,7,21H2,1H3,(H,23,24). The molecular weight excluding hydrogens is 371 g/mol. The summed E-state index contributed by atoms with van der Waals surface area (Å²) in [6.07, 6.45) is 0.375. The number of fused-ring (bicyclic) bond motifs is 1. The average Bonchev–Trinajstić information content (AvgIpc) is 2.80. The number of carboxylic acids is 1. The Kier molecular flexibility index (Phi) is 4.38. The molecule has 3 aromatic rings. The summed E-state index contributed by atoms with van der Waals surface area (Å²) in [6, 6.07) is 8.40. The van der Waals surface area contributed by atoms with Gasteiger partial charge in [-0.2, -0.15) is 0 Å². The second-order valence-electron chi connectivity index (χ2n) is 5.50. The van der Waals surface area contributed by atoms with Gasteiger partial charge in [-0.05, 0) is 35.9 Å². The number of aromatic carboxylic acids is 1. The Morgan fingerprint density at radius 2 is 1.88 bits per heavy atom. The molecule has 0 aliphatic heterocycles. The van der Waals surface area contributed by atoms with Crippen LogP contribution < -0.4 is 5.73 Å². The van der Waals surface area contributed by atoms with E-state index in [9.17, 15) is 9.90 Å². The van der Waals surface area contributed by atoms with Gasteiger partial charge in [0.1, 0.15) is 0 Å². The molecule has 0 bridgehead atoms. The largest absolute Gasteiger partial charge is 0.478 e. The van der Waals surface area contributed by atoms with Crippen LogP contribution >= 0.6 is 34.8 Å². The monoisotopic (exact) mass is 382 g/mol. The smallest absolute Gasteiger partial charge is 0.337 e. The fraction of sp³-hybridized carbons (Fsp3) is 0.118. The molecule has 0 saturated carbocycles. The van der Waals surface area contributed by atoms with Gasteiger partial charge in [0.15, 0.2) is 0 Å². The van der Waals surface area contributed by atoms with E-state index in [4.69, 9.17) is 40.5 Å². The van der Waals surface area contributed by atoms with Crippen LogP contribution in [0.2, 0.25) is 15.1 Å². The predicted molar refractivity (Wildman–Crippen MR) is 98.6 cm³/mol. The van der Waals surface area contributed by atoms with E-state index in [0.717, 1.165) is 16.6 Å². The number of rotatable bonds is 3. The second-order valence-corrected chi connectivity index (χ2v) is 6.69. The van der Waals surface area contributed by atoms with Crippen molar-refractivity contribution >= 4 is 57.4 Å². The fourth-order valence-corrected chi connectivity index (χ4v) is 3.60. The van der Waals surface area contributed by atoms with Crippen LogP contribution in [-0.2, 0) is 13.5 Å². The minimum absolute atomic E-state index is 0.0251. The molecule has 0 saturated heterocycles. The van der Waals surface area contributed by atoms with Crippen molar-refractivity contribution in [3.63, 3.8) is 0 Å². The molecule has 3 rings (SSSR count). The number of aryl methyl sites for hydroxylation is 1. The maximum absolute atomic E-state index is 11.3. The molecule has 0 radical (unpaired) electrons. The number of aromatic nitrogens is 1. The van der Waals surface area contributed by atoms with Gasteiger partial charge >= 0.3 is 5.97 Å². The van der Waals surface area contributed by atoms with E-state index < -0.39 is 5.97 Å². The van der Waals surface area contributed by atoms with Gasteiger partial charge in [-0.15, -0.1) is 0 Å². The van der Waals surface area contributed by atoms with Gasteiger partial charge in [0, 0.05) is 35.3 Å².